The van der Waals surface area contributed by atoms with Crippen LogP contribution in [0.3, 0.4) is 0 Å². The predicted molar refractivity (Wildman–Crippen MR) is 50.9 cm³/mol. The second-order valence-electron chi connectivity index (χ2n) is 3.27. The molecule has 76 valence electrons. The second-order valence-corrected chi connectivity index (χ2v) is 4.56. The first kappa shape index (κ1) is 9.83. The molecule has 0 saturated carbocycles. The van der Waals surface area contributed by atoms with Gasteiger partial charge in [0.05, 0.1) is 0 Å². The minimum Gasteiger partial charge on any atom is -0.312 e. The van der Waals surface area contributed by atoms with E-state index in [1.165, 1.54) is 5.01 Å². The number of nitrogens with one attached hydrogen (secondary N) is 1. The largest absolute Gasteiger partial charge is 0.413 e. The van der Waals surface area contributed by atoms with E-state index in [1.54, 1.807) is 0 Å². The van der Waals surface area contributed by atoms with Gasteiger partial charge in [-0.15, -0.1) is 0 Å². The molecule has 0 saturated heterocycles. The highest BCUT2D eigenvalue weighted by Gasteiger charge is 2.23. The Kier molecular flexibility index (Phi) is 2.43. The summed E-state index contributed by atoms with van der Waals surface area (Å²) in [5.74, 6) is 0. The molecule has 0 spiro atoms. The van der Waals surface area contributed by atoms with E-state index in [4.69, 9.17) is 9.79 Å². The van der Waals surface area contributed by atoms with Gasteiger partial charge in [-0.1, -0.05) is 24.3 Å². The van der Waals surface area contributed by atoms with E-state index in [-0.39, 0.29) is 0 Å². The van der Waals surface area contributed by atoms with Gasteiger partial charge in [0.2, 0.25) is 0 Å². The predicted octanol–water partition coefficient (Wildman–Crippen LogP) is 0.599. The molecule has 0 fully saturated rings. The van der Waals surface area contributed by atoms with E-state index in [0.29, 0.717) is 13.1 Å². The molecule has 0 radical (unpaired) electrons. The van der Waals surface area contributed by atoms with Gasteiger partial charge >= 0.3 is 7.75 Å². The van der Waals surface area contributed by atoms with Crippen molar-refractivity contribution in [3.05, 3.63) is 35.4 Å². The van der Waals surface area contributed by atoms with Crippen molar-refractivity contribution in [1.29, 1.82) is 0 Å². The zero-order valence-corrected chi connectivity index (χ0v) is 8.32. The fourth-order valence-corrected chi connectivity index (χ4v) is 2.10. The van der Waals surface area contributed by atoms with Crippen molar-refractivity contribution < 1.29 is 14.4 Å². The van der Waals surface area contributed by atoms with Gasteiger partial charge in [-0.3, -0.25) is 0 Å². The number of rotatable bonds is 2. The van der Waals surface area contributed by atoms with Gasteiger partial charge in [0, 0.05) is 13.1 Å². The average molecular weight is 214 g/mol. The van der Waals surface area contributed by atoms with Crippen LogP contribution in [0.5, 0.6) is 0 Å². The van der Waals surface area contributed by atoms with Crippen LogP contribution in [-0.2, 0) is 17.7 Å². The Morgan fingerprint density at radius 2 is 1.71 bits per heavy atom. The Bertz CT molecular complexity index is 365. The van der Waals surface area contributed by atoms with Gasteiger partial charge in [-0.25, -0.2) is 9.57 Å². The summed E-state index contributed by atoms with van der Waals surface area (Å²) in [6.45, 7) is 1.06. The Morgan fingerprint density at radius 1 is 1.21 bits per heavy atom. The summed E-state index contributed by atoms with van der Waals surface area (Å²) >= 11 is 0. The van der Waals surface area contributed by atoms with Crippen LogP contribution in [0.25, 0.3) is 0 Å². The number of nitrogens with zero attached hydrogens (tertiary/aromatic N) is 1. The molecule has 1 heterocycles. The van der Waals surface area contributed by atoms with E-state index >= 15 is 0 Å². The molecule has 0 atom stereocenters. The van der Waals surface area contributed by atoms with Crippen molar-refractivity contribution in [2.45, 2.75) is 13.1 Å². The number of fused-ring (bicyclic) bond motifs is 1. The number of hydrogen-bond donors (Lipinski definition) is 3. The SMILES string of the molecule is O=P(O)(O)NN1Cc2ccccc2C1. The molecule has 0 aromatic heterocycles. The highest BCUT2D eigenvalue weighted by atomic mass is 31.2. The summed E-state index contributed by atoms with van der Waals surface area (Å²) in [5.41, 5.74) is 2.21. The maximum Gasteiger partial charge on any atom is 0.413 e. The molecule has 0 aliphatic carbocycles. The highest BCUT2D eigenvalue weighted by molar-refractivity contribution is 7.49. The fraction of sp³-hybridized carbons (Fsp3) is 0.250. The van der Waals surface area contributed by atoms with Gasteiger partial charge in [0.25, 0.3) is 0 Å². The van der Waals surface area contributed by atoms with Gasteiger partial charge in [-0.05, 0) is 11.1 Å². The molecule has 1 aliphatic heterocycles. The monoisotopic (exact) mass is 214 g/mol. The average Bonchev–Trinajstić information content (AvgIpc) is 2.42. The third-order valence-corrected chi connectivity index (χ3v) is 2.66. The van der Waals surface area contributed by atoms with Gasteiger partial charge < -0.3 is 9.79 Å². The molecule has 5 nitrogen and oxygen atoms in total. The van der Waals surface area contributed by atoms with E-state index in [2.05, 4.69) is 5.20 Å². The summed E-state index contributed by atoms with van der Waals surface area (Å²) in [4.78, 5) is 17.4. The minimum absolute atomic E-state index is 0.529. The minimum atomic E-state index is -4.17. The van der Waals surface area contributed by atoms with Crippen LogP contribution in [0.15, 0.2) is 24.3 Å². The quantitative estimate of drug-likeness (QED) is 0.629. The Labute approximate surface area is 81.5 Å². The van der Waals surface area contributed by atoms with Crippen molar-refractivity contribution in [1.82, 2.24) is 10.2 Å². The van der Waals surface area contributed by atoms with Crippen LogP contribution in [0.4, 0.5) is 0 Å². The van der Waals surface area contributed by atoms with E-state index in [9.17, 15) is 4.57 Å². The number of benzene rings is 1. The second kappa shape index (κ2) is 3.46. The van der Waals surface area contributed by atoms with Gasteiger partial charge in [0.15, 0.2) is 0 Å². The molecule has 3 N–H and O–H groups in total. The lowest BCUT2D eigenvalue weighted by Crippen LogP contribution is -2.30. The highest BCUT2D eigenvalue weighted by Crippen LogP contribution is 2.32. The van der Waals surface area contributed by atoms with Crippen LogP contribution in [-0.4, -0.2) is 14.8 Å². The molecule has 0 bridgehead atoms. The molecule has 1 aromatic carbocycles. The van der Waals surface area contributed by atoms with Crippen LogP contribution >= 0.6 is 7.75 Å². The zero-order chi connectivity index (χ0) is 10.2. The van der Waals surface area contributed by atoms with Crippen LogP contribution < -0.4 is 5.20 Å². The molecule has 1 aromatic rings. The van der Waals surface area contributed by atoms with Crippen LogP contribution in [0.2, 0.25) is 0 Å². The first-order valence-corrected chi connectivity index (χ1v) is 5.81. The summed E-state index contributed by atoms with van der Waals surface area (Å²) in [6.07, 6.45) is 0. The number of hydrazine groups is 1. The van der Waals surface area contributed by atoms with Crippen molar-refractivity contribution in [3.63, 3.8) is 0 Å². The zero-order valence-electron chi connectivity index (χ0n) is 7.42. The Balaban J connectivity index is 2.09. The summed E-state index contributed by atoms with van der Waals surface area (Å²) in [5, 5.41) is 3.68. The van der Waals surface area contributed by atoms with Gasteiger partial charge in [-0.2, -0.15) is 5.20 Å². The molecular weight excluding hydrogens is 203 g/mol. The number of hydrogen-bond acceptors (Lipinski definition) is 2. The normalized spacial score (nSPS) is 17.0. The van der Waals surface area contributed by atoms with Crippen molar-refractivity contribution >= 4 is 7.75 Å². The molecule has 2 rings (SSSR count). The van der Waals surface area contributed by atoms with E-state index < -0.39 is 7.75 Å². The summed E-state index contributed by atoms with van der Waals surface area (Å²) in [6, 6.07) is 7.74. The van der Waals surface area contributed by atoms with Gasteiger partial charge in [0.1, 0.15) is 0 Å². The van der Waals surface area contributed by atoms with Crippen LogP contribution in [0.1, 0.15) is 11.1 Å². The van der Waals surface area contributed by atoms with E-state index in [0.717, 1.165) is 11.1 Å². The summed E-state index contributed by atoms with van der Waals surface area (Å²) in [7, 11) is -4.17. The van der Waals surface area contributed by atoms with E-state index in [1.807, 2.05) is 24.3 Å². The summed E-state index contributed by atoms with van der Waals surface area (Å²) < 4.78 is 10.7. The van der Waals surface area contributed by atoms with Crippen molar-refractivity contribution in [2.24, 2.45) is 0 Å². The molecule has 1 aliphatic rings. The first-order valence-electron chi connectivity index (χ1n) is 4.20. The molecule has 14 heavy (non-hydrogen) atoms. The lowest BCUT2D eigenvalue weighted by atomic mass is 10.1. The molecule has 6 heteroatoms. The maximum absolute atomic E-state index is 10.7. The standard InChI is InChI=1S/C8H11N2O3P/c11-14(12,13)9-10-5-7-3-1-2-4-8(7)6-10/h1-4H,5-6H2,(H3,9,11,12,13). The third-order valence-electron chi connectivity index (χ3n) is 2.11. The molecular formula is C8H11N2O3P. The smallest absolute Gasteiger partial charge is 0.312 e. The van der Waals surface area contributed by atoms with Crippen molar-refractivity contribution in [3.8, 4) is 0 Å². The first-order chi connectivity index (χ1) is 6.54. The third kappa shape index (κ3) is 2.20. The van der Waals surface area contributed by atoms with Crippen molar-refractivity contribution in [2.75, 3.05) is 0 Å². The lowest BCUT2D eigenvalue weighted by molar-refractivity contribution is 0.209. The van der Waals surface area contributed by atoms with Crippen LogP contribution in [0, 0.1) is 0 Å². The maximum atomic E-state index is 10.7. The Hall–Kier alpha value is -0.710. The fourth-order valence-electron chi connectivity index (χ4n) is 1.59. The molecule has 0 unspecified atom stereocenters. The Morgan fingerprint density at radius 3 is 2.14 bits per heavy atom. The lowest BCUT2D eigenvalue weighted by Gasteiger charge is -2.16. The topological polar surface area (TPSA) is 72.8 Å². The molecule has 0 amide bonds.